The molecule has 28 heavy (non-hydrogen) atoms. The molecule has 0 aliphatic heterocycles. The van der Waals surface area contributed by atoms with Gasteiger partial charge in [-0.1, -0.05) is 26.8 Å². The lowest BCUT2D eigenvalue weighted by atomic mass is 10.2. The molecule has 0 radical (unpaired) electrons. The Morgan fingerprint density at radius 1 is 1.07 bits per heavy atom. The SMILES string of the molecule is CCC(C)Oc1cccc(C(=O)Nc2ccc(S(=O)(=O)N(CC)CC)cc2)c1. The Labute approximate surface area is 167 Å². The Hall–Kier alpha value is -2.38. The van der Waals surface area contributed by atoms with Crippen molar-refractivity contribution in [1.82, 2.24) is 4.31 Å². The molecule has 1 N–H and O–H groups in total. The maximum absolute atomic E-state index is 12.5. The van der Waals surface area contributed by atoms with Gasteiger partial charge in [0.15, 0.2) is 0 Å². The smallest absolute Gasteiger partial charge is 0.255 e. The molecule has 0 bridgehead atoms. The average Bonchev–Trinajstić information content (AvgIpc) is 2.69. The molecule has 0 saturated heterocycles. The fraction of sp³-hybridized carbons (Fsp3) is 0.381. The molecular weight excluding hydrogens is 376 g/mol. The summed E-state index contributed by atoms with van der Waals surface area (Å²) in [6.07, 6.45) is 0.942. The van der Waals surface area contributed by atoms with Crippen molar-refractivity contribution in [3.05, 3.63) is 54.1 Å². The van der Waals surface area contributed by atoms with Crippen LogP contribution in [0, 0.1) is 0 Å². The van der Waals surface area contributed by atoms with Gasteiger partial charge in [0.05, 0.1) is 11.0 Å². The number of nitrogens with one attached hydrogen (secondary N) is 1. The number of carbonyl (C=O) groups excluding carboxylic acids is 1. The number of amides is 1. The number of rotatable bonds is 9. The summed E-state index contributed by atoms with van der Waals surface area (Å²) in [5.41, 5.74) is 0.998. The van der Waals surface area contributed by atoms with Crippen LogP contribution in [-0.4, -0.2) is 37.8 Å². The predicted molar refractivity (Wildman–Crippen MR) is 111 cm³/mol. The molecule has 152 valence electrons. The van der Waals surface area contributed by atoms with Crippen LogP contribution in [0.5, 0.6) is 5.75 Å². The van der Waals surface area contributed by atoms with E-state index in [0.29, 0.717) is 30.1 Å². The standard InChI is InChI=1S/C21H28N2O4S/c1-5-16(4)27-19-10-8-9-17(15-19)21(24)22-18-11-13-20(14-12-18)28(25,26)23(6-2)7-3/h8-16H,5-7H2,1-4H3,(H,22,24). The van der Waals surface area contributed by atoms with Crippen LogP contribution < -0.4 is 10.1 Å². The lowest BCUT2D eigenvalue weighted by Gasteiger charge is -2.18. The van der Waals surface area contributed by atoms with Crippen LogP contribution in [0.15, 0.2) is 53.4 Å². The summed E-state index contributed by atoms with van der Waals surface area (Å²) >= 11 is 0. The van der Waals surface area contributed by atoms with Crippen molar-refractivity contribution in [2.24, 2.45) is 0 Å². The van der Waals surface area contributed by atoms with Crippen LogP contribution in [0.2, 0.25) is 0 Å². The van der Waals surface area contributed by atoms with Gasteiger partial charge in [-0.3, -0.25) is 4.79 Å². The molecule has 0 aliphatic carbocycles. The van der Waals surface area contributed by atoms with Gasteiger partial charge >= 0.3 is 0 Å². The van der Waals surface area contributed by atoms with E-state index >= 15 is 0 Å². The number of hydrogen-bond acceptors (Lipinski definition) is 4. The van der Waals surface area contributed by atoms with Crippen molar-refractivity contribution >= 4 is 21.6 Å². The van der Waals surface area contributed by atoms with E-state index in [4.69, 9.17) is 4.74 Å². The molecule has 0 spiro atoms. The number of nitrogens with zero attached hydrogens (tertiary/aromatic N) is 1. The van der Waals surface area contributed by atoms with Crippen molar-refractivity contribution < 1.29 is 17.9 Å². The zero-order chi connectivity index (χ0) is 20.7. The second kappa shape index (κ2) is 9.71. The fourth-order valence-electron chi connectivity index (χ4n) is 2.65. The number of sulfonamides is 1. The fourth-order valence-corrected chi connectivity index (χ4v) is 4.11. The topological polar surface area (TPSA) is 75.7 Å². The zero-order valence-electron chi connectivity index (χ0n) is 16.8. The van der Waals surface area contributed by atoms with E-state index < -0.39 is 10.0 Å². The third kappa shape index (κ3) is 5.33. The molecule has 1 amide bonds. The quantitative estimate of drug-likeness (QED) is 0.681. The maximum atomic E-state index is 12.5. The van der Waals surface area contributed by atoms with E-state index in [0.717, 1.165) is 6.42 Å². The van der Waals surface area contributed by atoms with Crippen LogP contribution in [-0.2, 0) is 10.0 Å². The lowest BCUT2D eigenvalue weighted by Crippen LogP contribution is -2.30. The highest BCUT2D eigenvalue weighted by Crippen LogP contribution is 2.20. The Morgan fingerprint density at radius 2 is 1.71 bits per heavy atom. The van der Waals surface area contributed by atoms with Crippen LogP contribution in [0.3, 0.4) is 0 Å². The molecule has 0 aliphatic rings. The zero-order valence-corrected chi connectivity index (χ0v) is 17.6. The van der Waals surface area contributed by atoms with Crippen molar-refractivity contribution in [3.63, 3.8) is 0 Å². The van der Waals surface area contributed by atoms with E-state index in [1.165, 1.54) is 16.4 Å². The minimum atomic E-state index is -3.51. The monoisotopic (exact) mass is 404 g/mol. The van der Waals surface area contributed by atoms with Gasteiger partial charge in [-0.05, 0) is 55.8 Å². The van der Waals surface area contributed by atoms with Gasteiger partial charge < -0.3 is 10.1 Å². The first-order chi connectivity index (χ1) is 13.3. The highest BCUT2D eigenvalue weighted by Gasteiger charge is 2.21. The van der Waals surface area contributed by atoms with Crippen LogP contribution in [0.1, 0.15) is 44.5 Å². The van der Waals surface area contributed by atoms with Crippen molar-refractivity contribution in [1.29, 1.82) is 0 Å². The third-order valence-electron chi connectivity index (χ3n) is 4.46. The molecule has 0 saturated carbocycles. The predicted octanol–water partition coefficient (Wildman–Crippen LogP) is 4.15. The summed E-state index contributed by atoms with van der Waals surface area (Å²) in [5.74, 6) is 0.358. The molecule has 7 heteroatoms. The highest BCUT2D eigenvalue weighted by molar-refractivity contribution is 7.89. The van der Waals surface area contributed by atoms with Gasteiger partial charge in [0.1, 0.15) is 5.75 Å². The Balaban J connectivity index is 2.12. The molecule has 1 atom stereocenters. The summed E-state index contributed by atoms with van der Waals surface area (Å²) < 4.78 is 32.2. The van der Waals surface area contributed by atoms with Gasteiger partial charge in [0.25, 0.3) is 5.91 Å². The molecular formula is C21H28N2O4S. The highest BCUT2D eigenvalue weighted by atomic mass is 32.2. The third-order valence-corrected chi connectivity index (χ3v) is 6.53. The van der Waals surface area contributed by atoms with Crippen molar-refractivity contribution in [2.45, 2.75) is 45.1 Å². The number of benzene rings is 2. The van der Waals surface area contributed by atoms with Crippen molar-refractivity contribution in [3.8, 4) is 5.75 Å². The second-order valence-electron chi connectivity index (χ2n) is 6.43. The number of anilines is 1. The maximum Gasteiger partial charge on any atom is 0.255 e. The van der Waals surface area contributed by atoms with E-state index in [2.05, 4.69) is 5.32 Å². The number of carbonyl (C=O) groups is 1. The molecule has 2 aromatic carbocycles. The van der Waals surface area contributed by atoms with E-state index in [-0.39, 0.29) is 16.9 Å². The summed E-state index contributed by atoms with van der Waals surface area (Å²) in [7, 11) is -3.51. The lowest BCUT2D eigenvalue weighted by molar-refractivity contribution is 0.102. The molecule has 0 fully saturated rings. The number of ether oxygens (including phenoxy) is 1. The molecule has 1 unspecified atom stereocenters. The molecule has 0 heterocycles. The summed E-state index contributed by atoms with van der Waals surface area (Å²) in [6.45, 7) is 8.42. The van der Waals surface area contributed by atoms with Gasteiger partial charge in [-0.25, -0.2) is 8.42 Å². The Morgan fingerprint density at radius 3 is 2.29 bits per heavy atom. The van der Waals surface area contributed by atoms with Gasteiger partial charge in [-0.2, -0.15) is 4.31 Å². The normalized spacial score (nSPS) is 12.6. The van der Waals surface area contributed by atoms with Gasteiger partial charge in [-0.15, -0.1) is 0 Å². The molecule has 2 rings (SSSR count). The molecule has 2 aromatic rings. The first-order valence-electron chi connectivity index (χ1n) is 9.50. The van der Waals surface area contributed by atoms with Gasteiger partial charge in [0.2, 0.25) is 10.0 Å². The van der Waals surface area contributed by atoms with Gasteiger partial charge in [0, 0.05) is 24.3 Å². The number of hydrogen-bond donors (Lipinski definition) is 1. The van der Waals surface area contributed by atoms with E-state index in [9.17, 15) is 13.2 Å². The van der Waals surface area contributed by atoms with E-state index in [1.807, 2.05) is 19.9 Å². The Kier molecular flexibility index (Phi) is 7.60. The van der Waals surface area contributed by atoms with Crippen LogP contribution in [0.25, 0.3) is 0 Å². The summed E-state index contributed by atoms with van der Waals surface area (Å²) in [4.78, 5) is 12.7. The van der Waals surface area contributed by atoms with Crippen LogP contribution >= 0.6 is 0 Å². The first-order valence-corrected chi connectivity index (χ1v) is 10.9. The molecule has 0 aromatic heterocycles. The second-order valence-corrected chi connectivity index (χ2v) is 8.37. The molecule has 6 nitrogen and oxygen atoms in total. The summed E-state index contributed by atoms with van der Waals surface area (Å²) in [5, 5.41) is 2.79. The minimum Gasteiger partial charge on any atom is -0.491 e. The largest absolute Gasteiger partial charge is 0.491 e. The van der Waals surface area contributed by atoms with Crippen LogP contribution in [0.4, 0.5) is 5.69 Å². The first kappa shape index (κ1) is 21.9. The summed E-state index contributed by atoms with van der Waals surface area (Å²) in [6, 6.07) is 13.2. The minimum absolute atomic E-state index is 0.0682. The van der Waals surface area contributed by atoms with E-state index in [1.54, 1.807) is 44.2 Å². The Bertz CT molecular complexity index is 891. The average molecular weight is 405 g/mol. The van der Waals surface area contributed by atoms with Crippen molar-refractivity contribution in [2.75, 3.05) is 18.4 Å².